The van der Waals surface area contributed by atoms with E-state index < -0.39 is 5.60 Å². The average Bonchev–Trinajstić information content (AvgIpc) is 2.91. The van der Waals surface area contributed by atoms with Gasteiger partial charge in [0.1, 0.15) is 5.60 Å². The third-order valence-electron chi connectivity index (χ3n) is 3.32. The van der Waals surface area contributed by atoms with Crippen LogP contribution in [0.25, 0.3) is 11.4 Å². The maximum Gasteiger partial charge on any atom is 0.410 e. The number of aryl methyl sites for hydroxylation is 1. The van der Waals surface area contributed by atoms with Gasteiger partial charge >= 0.3 is 6.09 Å². The SMILES string of the molecule is Cc1nc(-c2cccc(CN(CC(C)C)C(=O)OC(C)(C)C)c2)no1. The van der Waals surface area contributed by atoms with Crippen molar-refractivity contribution in [1.29, 1.82) is 0 Å². The molecule has 0 aliphatic carbocycles. The van der Waals surface area contributed by atoms with E-state index in [1.165, 1.54) is 0 Å². The molecule has 0 aliphatic heterocycles. The summed E-state index contributed by atoms with van der Waals surface area (Å²) in [7, 11) is 0. The van der Waals surface area contributed by atoms with Crippen molar-refractivity contribution in [1.82, 2.24) is 15.0 Å². The van der Waals surface area contributed by atoms with E-state index in [1.54, 1.807) is 11.8 Å². The Morgan fingerprint density at radius 1 is 1.32 bits per heavy atom. The van der Waals surface area contributed by atoms with Gasteiger partial charge in [-0.3, -0.25) is 0 Å². The van der Waals surface area contributed by atoms with E-state index in [1.807, 2.05) is 45.0 Å². The molecule has 0 spiro atoms. The first-order chi connectivity index (χ1) is 11.6. The van der Waals surface area contributed by atoms with Crippen molar-refractivity contribution >= 4 is 6.09 Å². The third-order valence-corrected chi connectivity index (χ3v) is 3.32. The molecule has 0 fully saturated rings. The number of benzene rings is 1. The Bertz CT molecular complexity index is 717. The summed E-state index contributed by atoms with van der Waals surface area (Å²) in [5.74, 6) is 1.41. The highest BCUT2D eigenvalue weighted by Gasteiger charge is 2.23. The van der Waals surface area contributed by atoms with E-state index in [0.29, 0.717) is 30.7 Å². The Hall–Kier alpha value is -2.37. The molecule has 6 nitrogen and oxygen atoms in total. The first kappa shape index (κ1) is 19.0. The number of carbonyl (C=O) groups excluding carboxylic acids is 1. The molecule has 0 saturated carbocycles. The Labute approximate surface area is 149 Å². The van der Waals surface area contributed by atoms with Crippen LogP contribution in [0, 0.1) is 12.8 Å². The van der Waals surface area contributed by atoms with Gasteiger partial charge in [0, 0.05) is 25.6 Å². The van der Waals surface area contributed by atoms with E-state index in [4.69, 9.17) is 9.26 Å². The van der Waals surface area contributed by atoms with E-state index in [-0.39, 0.29) is 6.09 Å². The summed E-state index contributed by atoms with van der Waals surface area (Å²) in [5, 5.41) is 3.95. The molecular formula is C19H27N3O3. The number of nitrogens with zero attached hydrogens (tertiary/aromatic N) is 3. The van der Waals surface area contributed by atoms with Gasteiger partial charge < -0.3 is 14.2 Å². The lowest BCUT2D eigenvalue weighted by Gasteiger charge is -2.28. The van der Waals surface area contributed by atoms with Crippen LogP contribution in [0.2, 0.25) is 0 Å². The first-order valence-corrected chi connectivity index (χ1v) is 8.51. The van der Waals surface area contributed by atoms with Crippen LogP contribution in [0.4, 0.5) is 4.79 Å². The highest BCUT2D eigenvalue weighted by molar-refractivity contribution is 5.68. The second-order valence-corrected chi connectivity index (χ2v) is 7.59. The van der Waals surface area contributed by atoms with E-state index >= 15 is 0 Å². The van der Waals surface area contributed by atoms with Crippen LogP contribution in [0.15, 0.2) is 28.8 Å². The smallest absolute Gasteiger partial charge is 0.410 e. The van der Waals surface area contributed by atoms with Crippen LogP contribution < -0.4 is 0 Å². The fourth-order valence-electron chi connectivity index (χ4n) is 2.42. The van der Waals surface area contributed by atoms with E-state index in [9.17, 15) is 4.79 Å². The van der Waals surface area contributed by atoms with E-state index in [0.717, 1.165) is 11.1 Å². The molecule has 0 unspecified atom stereocenters. The fraction of sp³-hybridized carbons (Fsp3) is 0.526. The molecule has 0 saturated heterocycles. The largest absolute Gasteiger partial charge is 0.444 e. The highest BCUT2D eigenvalue weighted by Crippen LogP contribution is 2.20. The summed E-state index contributed by atoms with van der Waals surface area (Å²) in [4.78, 5) is 18.5. The molecule has 0 radical (unpaired) electrons. The predicted molar refractivity (Wildman–Crippen MR) is 96.0 cm³/mol. The van der Waals surface area contributed by atoms with Crippen LogP contribution >= 0.6 is 0 Å². The van der Waals surface area contributed by atoms with Crippen LogP contribution in [0.1, 0.15) is 46.1 Å². The Morgan fingerprint density at radius 2 is 2.04 bits per heavy atom. The summed E-state index contributed by atoms with van der Waals surface area (Å²) in [6.07, 6.45) is -0.304. The zero-order valence-corrected chi connectivity index (χ0v) is 15.9. The summed E-state index contributed by atoms with van der Waals surface area (Å²) in [6.45, 7) is 12.6. The predicted octanol–water partition coefficient (Wildman–Crippen LogP) is 4.44. The number of hydrogen-bond acceptors (Lipinski definition) is 5. The molecule has 2 rings (SSSR count). The zero-order chi connectivity index (χ0) is 18.6. The molecule has 0 aliphatic rings. The van der Waals surface area contributed by atoms with Gasteiger partial charge in [0.05, 0.1) is 0 Å². The number of carbonyl (C=O) groups is 1. The van der Waals surface area contributed by atoms with Crippen LogP contribution in [-0.4, -0.2) is 33.3 Å². The summed E-state index contributed by atoms with van der Waals surface area (Å²) < 4.78 is 10.6. The molecule has 1 amide bonds. The summed E-state index contributed by atoms with van der Waals surface area (Å²) in [6, 6.07) is 7.81. The quantitative estimate of drug-likeness (QED) is 0.801. The monoisotopic (exact) mass is 345 g/mol. The van der Waals surface area contributed by atoms with Crippen molar-refractivity contribution in [2.24, 2.45) is 5.92 Å². The molecule has 25 heavy (non-hydrogen) atoms. The number of amides is 1. The number of rotatable bonds is 5. The van der Waals surface area contributed by atoms with Gasteiger partial charge in [-0.1, -0.05) is 37.2 Å². The van der Waals surface area contributed by atoms with Gasteiger partial charge in [-0.25, -0.2) is 4.79 Å². The number of hydrogen-bond donors (Lipinski definition) is 0. The van der Waals surface area contributed by atoms with Gasteiger partial charge in [-0.15, -0.1) is 0 Å². The van der Waals surface area contributed by atoms with Crippen molar-refractivity contribution in [2.75, 3.05) is 6.54 Å². The topological polar surface area (TPSA) is 68.5 Å². The second kappa shape index (κ2) is 7.68. The molecule has 136 valence electrons. The Morgan fingerprint density at radius 3 is 2.60 bits per heavy atom. The minimum Gasteiger partial charge on any atom is -0.444 e. The van der Waals surface area contributed by atoms with Gasteiger partial charge in [0.2, 0.25) is 11.7 Å². The second-order valence-electron chi connectivity index (χ2n) is 7.59. The molecule has 1 aromatic carbocycles. The van der Waals surface area contributed by atoms with Crippen LogP contribution in [0.5, 0.6) is 0 Å². The normalized spacial score (nSPS) is 11.6. The summed E-state index contributed by atoms with van der Waals surface area (Å²) >= 11 is 0. The minimum absolute atomic E-state index is 0.304. The number of ether oxygens (including phenoxy) is 1. The van der Waals surface area contributed by atoms with Crippen LogP contribution in [0.3, 0.4) is 0 Å². The van der Waals surface area contributed by atoms with Crippen molar-refractivity contribution in [3.05, 3.63) is 35.7 Å². The highest BCUT2D eigenvalue weighted by atomic mass is 16.6. The Kier molecular flexibility index (Phi) is 5.82. The lowest BCUT2D eigenvalue weighted by molar-refractivity contribution is 0.0211. The molecule has 1 aromatic heterocycles. The molecule has 0 atom stereocenters. The minimum atomic E-state index is -0.518. The number of aromatic nitrogens is 2. The van der Waals surface area contributed by atoms with Crippen LogP contribution in [-0.2, 0) is 11.3 Å². The summed E-state index contributed by atoms with van der Waals surface area (Å²) in [5.41, 5.74) is 1.34. The third kappa shape index (κ3) is 5.89. The maximum absolute atomic E-state index is 12.5. The van der Waals surface area contributed by atoms with Gasteiger partial charge in [-0.2, -0.15) is 4.98 Å². The Balaban J connectivity index is 2.19. The van der Waals surface area contributed by atoms with E-state index in [2.05, 4.69) is 24.0 Å². The lowest BCUT2D eigenvalue weighted by Crippen LogP contribution is -2.38. The van der Waals surface area contributed by atoms with Crippen molar-refractivity contribution in [2.45, 2.75) is 53.7 Å². The van der Waals surface area contributed by atoms with Crippen molar-refractivity contribution in [3.63, 3.8) is 0 Å². The molecule has 2 aromatic rings. The molecular weight excluding hydrogens is 318 g/mol. The zero-order valence-electron chi connectivity index (χ0n) is 15.9. The van der Waals surface area contributed by atoms with Gasteiger partial charge in [0.25, 0.3) is 0 Å². The lowest BCUT2D eigenvalue weighted by atomic mass is 10.1. The molecule has 0 N–H and O–H groups in total. The molecule has 1 heterocycles. The first-order valence-electron chi connectivity index (χ1n) is 8.51. The van der Waals surface area contributed by atoms with Gasteiger partial charge in [0.15, 0.2) is 0 Å². The average molecular weight is 345 g/mol. The maximum atomic E-state index is 12.5. The van der Waals surface area contributed by atoms with Crippen molar-refractivity contribution in [3.8, 4) is 11.4 Å². The van der Waals surface area contributed by atoms with Crippen molar-refractivity contribution < 1.29 is 14.1 Å². The standard InChI is InChI=1S/C19H27N3O3/c1-13(2)11-22(18(23)24-19(4,5)6)12-15-8-7-9-16(10-15)17-20-14(3)25-21-17/h7-10,13H,11-12H2,1-6H3. The molecule has 0 bridgehead atoms. The fourth-order valence-corrected chi connectivity index (χ4v) is 2.42. The molecule has 6 heteroatoms. The van der Waals surface area contributed by atoms with Gasteiger partial charge in [-0.05, 0) is 38.3 Å².